The fourth-order valence-corrected chi connectivity index (χ4v) is 2.59. The quantitative estimate of drug-likeness (QED) is 0.572. The minimum absolute atomic E-state index is 0.0697. The van der Waals surface area contributed by atoms with Crippen LogP contribution >= 0.6 is 0 Å². The predicted molar refractivity (Wildman–Crippen MR) is 95.3 cm³/mol. The summed E-state index contributed by atoms with van der Waals surface area (Å²) in [5.74, 6) is 1.21. The molecule has 0 atom stereocenters. The molecule has 1 N–H and O–H groups in total. The van der Waals surface area contributed by atoms with Gasteiger partial charge in [-0.25, -0.2) is 0 Å². The normalized spacial score (nSPS) is 10.9. The zero-order chi connectivity index (χ0) is 18.8. The predicted octanol–water partition coefficient (Wildman–Crippen LogP) is 1.68. The Morgan fingerprint density at radius 3 is 2.81 bits per heavy atom. The van der Waals surface area contributed by atoms with Crippen LogP contribution in [0.25, 0.3) is 22.5 Å². The highest BCUT2D eigenvalue weighted by Gasteiger charge is 2.10. The van der Waals surface area contributed by atoms with Crippen LogP contribution in [0.4, 0.5) is 5.82 Å². The Balaban J connectivity index is 1.48. The number of hydrogen-bond donors (Lipinski definition) is 1. The standard InChI is InChI=1S/C17H16N8O2/c1-11-19-17(22-27-11)13-5-3-4-12(6-13)14-7-18-25(8-14)10-16(26)20-15-9-24(2)23-21-15/h3-9H,10H2,1-2H3,(H,20,26). The van der Waals surface area contributed by atoms with Gasteiger partial charge >= 0.3 is 0 Å². The Morgan fingerprint density at radius 1 is 1.22 bits per heavy atom. The topological polar surface area (TPSA) is 117 Å². The average molecular weight is 364 g/mol. The van der Waals surface area contributed by atoms with Gasteiger partial charge in [-0.15, -0.1) is 5.10 Å². The maximum Gasteiger partial charge on any atom is 0.247 e. The van der Waals surface area contributed by atoms with Gasteiger partial charge < -0.3 is 9.84 Å². The molecule has 27 heavy (non-hydrogen) atoms. The van der Waals surface area contributed by atoms with Crippen LogP contribution in [0.1, 0.15) is 5.89 Å². The van der Waals surface area contributed by atoms with E-state index < -0.39 is 0 Å². The molecule has 4 rings (SSSR count). The van der Waals surface area contributed by atoms with E-state index >= 15 is 0 Å². The Bertz CT molecular complexity index is 1090. The minimum atomic E-state index is -0.235. The maximum atomic E-state index is 12.1. The summed E-state index contributed by atoms with van der Waals surface area (Å²) in [5.41, 5.74) is 2.66. The van der Waals surface area contributed by atoms with E-state index in [9.17, 15) is 4.79 Å². The summed E-state index contributed by atoms with van der Waals surface area (Å²) in [5, 5.41) is 18.4. The van der Waals surface area contributed by atoms with Crippen molar-refractivity contribution >= 4 is 11.7 Å². The van der Waals surface area contributed by atoms with Crippen LogP contribution in [0.2, 0.25) is 0 Å². The van der Waals surface area contributed by atoms with Gasteiger partial charge in [0.1, 0.15) is 6.54 Å². The zero-order valence-corrected chi connectivity index (χ0v) is 14.7. The monoisotopic (exact) mass is 364 g/mol. The first-order valence-corrected chi connectivity index (χ1v) is 8.16. The van der Waals surface area contributed by atoms with E-state index in [-0.39, 0.29) is 12.5 Å². The van der Waals surface area contributed by atoms with Gasteiger partial charge in [-0.2, -0.15) is 10.1 Å². The molecular formula is C17H16N8O2. The van der Waals surface area contributed by atoms with Gasteiger partial charge in [-0.1, -0.05) is 28.6 Å². The lowest BCUT2D eigenvalue weighted by Gasteiger charge is -2.02. The highest BCUT2D eigenvalue weighted by atomic mass is 16.5. The molecule has 0 bridgehead atoms. The second kappa shape index (κ2) is 6.83. The van der Waals surface area contributed by atoms with Crippen molar-refractivity contribution in [1.29, 1.82) is 0 Å². The third kappa shape index (κ3) is 3.73. The molecular weight excluding hydrogens is 348 g/mol. The number of nitrogens with zero attached hydrogens (tertiary/aromatic N) is 7. The lowest BCUT2D eigenvalue weighted by Crippen LogP contribution is -2.19. The van der Waals surface area contributed by atoms with E-state index in [1.807, 2.05) is 24.3 Å². The third-order valence-electron chi connectivity index (χ3n) is 3.79. The van der Waals surface area contributed by atoms with Crippen molar-refractivity contribution in [3.05, 3.63) is 48.7 Å². The first kappa shape index (κ1) is 16.6. The van der Waals surface area contributed by atoms with Crippen molar-refractivity contribution in [2.75, 3.05) is 5.32 Å². The van der Waals surface area contributed by atoms with Crippen molar-refractivity contribution in [1.82, 2.24) is 34.9 Å². The molecule has 3 heterocycles. The van der Waals surface area contributed by atoms with Gasteiger partial charge in [0, 0.05) is 31.3 Å². The van der Waals surface area contributed by atoms with Crippen molar-refractivity contribution < 1.29 is 9.32 Å². The number of amides is 1. The van der Waals surface area contributed by atoms with Gasteiger partial charge in [0.15, 0.2) is 5.82 Å². The molecule has 0 saturated carbocycles. The molecule has 136 valence electrons. The number of hydrogen-bond acceptors (Lipinski definition) is 7. The Labute approximate surface area is 153 Å². The molecule has 0 saturated heterocycles. The van der Waals surface area contributed by atoms with Crippen molar-refractivity contribution in [2.45, 2.75) is 13.5 Å². The van der Waals surface area contributed by atoms with E-state index in [0.29, 0.717) is 17.5 Å². The third-order valence-corrected chi connectivity index (χ3v) is 3.79. The van der Waals surface area contributed by atoms with Crippen LogP contribution in [0, 0.1) is 6.92 Å². The van der Waals surface area contributed by atoms with E-state index in [1.165, 1.54) is 4.68 Å². The Kier molecular flexibility index (Phi) is 4.21. The van der Waals surface area contributed by atoms with E-state index in [2.05, 4.69) is 30.9 Å². The van der Waals surface area contributed by atoms with Crippen LogP contribution in [0.5, 0.6) is 0 Å². The molecule has 0 unspecified atom stereocenters. The van der Waals surface area contributed by atoms with Crippen LogP contribution in [0.3, 0.4) is 0 Å². The molecule has 0 aliphatic rings. The fourth-order valence-electron chi connectivity index (χ4n) is 2.59. The van der Waals surface area contributed by atoms with E-state index in [1.54, 1.807) is 37.2 Å². The lowest BCUT2D eigenvalue weighted by molar-refractivity contribution is -0.116. The number of aromatic nitrogens is 7. The fraction of sp³-hybridized carbons (Fsp3) is 0.176. The molecule has 0 aliphatic carbocycles. The Morgan fingerprint density at radius 2 is 2.07 bits per heavy atom. The summed E-state index contributed by atoms with van der Waals surface area (Å²) in [4.78, 5) is 16.3. The van der Waals surface area contributed by atoms with E-state index in [0.717, 1.165) is 16.7 Å². The van der Waals surface area contributed by atoms with Crippen molar-refractivity contribution in [3.8, 4) is 22.5 Å². The van der Waals surface area contributed by atoms with Crippen molar-refractivity contribution in [2.24, 2.45) is 7.05 Å². The summed E-state index contributed by atoms with van der Waals surface area (Å²) < 4.78 is 8.11. The molecule has 0 fully saturated rings. The molecule has 0 aliphatic heterocycles. The lowest BCUT2D eigenvalue weighted by atomic mass is 10.1. The molecule has 10 heteroatoms. The summed E-state index contributed by atoms with van der Waals surface area (Å²) in [6.07, 6.45) is 5.13. The molecule has 3 aromatic heterocycles. The van der Waals surface area contributed by atoms with Gasteiger partial charge in [-0.05, 0) is 11.6 Å². The van der Waals surface area contributed by atoms with Crippen LogP contribution in [0.15, 0.2) is 47.4 Å². The SMILES string of the molecule is Cc1nc(-c2cccc(-c3cnn(CC(=O)Nc4cn(C)nn4)c3)c2)no1. The largest absolute Gasteiger partial charge is 0.339 e. The summed E-state index contributed by atoms with van der Waals surface area (Å²) in [7, 11) is 1.73. The number of anilines is 1. The van der Waals surface area contributed by atoms with Crippen molar-refractivity contribution in [3.63, 3.8) is 0 Å². The summed E-state index contributed by atoms with van der Waals surface area (Å²) in [6, 6.07) is 7.73. The molecule has 0 radical (unpaired) electrons. The number of carbonyl (C=O) groups is 1. The highest BCUT2D eigenvalue weighted by molar-refractivity contribution is 5.89. The molecule has 4 aromatic rings. The number of nitrogens with one attached hydrogen (secondary N) is 1. The molecule has 0 spiro atoms. The Hall–Kier alpha value is -3.82. The van der Waals surface area contributed by atoms with Gasteiger partial charge in [-0.3, -0.25) is 14.2 Å². The number of aryl methyl sites for hydroxylation is 2. The van der Waals surface area contributed by atoms with Crippen LogP contribution in [-0.4, -0.2) is 40.8 Å². The summed E-state index contributed by atoms with van der Waals surface area (Å²) in [6.45, 7) is 1.82. The molecule has 10 nitrogen and oxygen atoms in total. The average Bonchev–Trinajstić information content (AvgIpc) is 3.37. The maximum absolute atomic E-state index is 12.1. The summed E-state index contributed by atoms with van der Waals surface area (Å²) >= 11 is 0. The second-order valence-electron chi connectivity index (χ2n) is 5.97. The molecule has 1 amide bonds. The number of carbonyl (C=O) groups excluding carboxylic acids is 1. The first-order chi connectivity index (χ1) is 13.1. The number of rotatable bonds is 5. The van der Waals surface area contributed by atoms with E-state index in [4.69, 9.17) is 4.52 Å². The van der Waals surface area contributed by atoms with Crippen LogP contribution < -0.4 is 5.32 Å². The molecule has 1 aromatic carbocycles. The highest BCUT2D eigenvalue weighted by Crippen LogP contribution is 2.24. The van der Waals surface area contributed by atoms with Crippen LogP contribution in [-0.2, 0) is 18.4 Å². The minimum Gasteiger partial charge on any atom is -0.339 e. The first-order valence-electron chi connectivity index (χ1n) is 8.16. The zero-order valence-electron chi connectivity index (χ0n) is 14.7. The smallest absolute Gasteiger partial charge is 0.247 e. The van der Waals surface area contributed by atoms with Gasteiger partial charge in [0.2, 0.25) is 17.6 Å². The van der Waals surface area contributed by atoms with Gasteiger partial charge in [0.05, 0.1) is 12.4 Å². The second-order valence-corrected chi connectivity index (χ2v) is 5.97. The number of benzene rings is 1. The van der Waals surface area contributed by atoms with Gasteiger partial charge in [0.25, 0.3) is 0 Å².